The molecule has 10 heteroatoms. The van der Waals surface area contributed by atoms with Gasteiger partial charge in [0.1, 0.15) is 5.82 Å². The first-order valence-electron chi connectivity index (χ1n) is 10.1. The van der Waals surface area contributed by atoms with E-state index in [9.17, 15) is 14.9 Å². The van der Waals surface area contributed by atoms with Crippen molar-refractivity contribution in [3.05, 3.63) is 63.5 Å². The van der Waals surface area contributed by atoms with Crippen LogP contribution in [0.5, 0.6) is 0 Å². The van der Waals surface area contributed by atoms with Gasteiger partial charge in [0.25, 0.3) is 11.6 Å². The predicted molar refractivity (Wildman–Crippen MR) is 108 cm³/mol. The molecule has 156 valence electrons. The molecule has 1 aliphatic heterocycles. The van der Waals surface area contributed by atoms with Crippen molar-refractivity contribution in [2.45, 2.75) is 52.1 Å². The third-order valence-electron chi connectivity index (χ3n) is 5.35. The molecule has 0 aliphatic carbocycles. The van der Waals surface area contributed by atoms with Gasteiger partial charge in [-0.25, -0.2) is 4.68 Å². The number of carbonyl (C=O) groups is 1. The summed E-state index contributed by atoms with van der Waals surface area (Å²) in [5.74, 6) is 1.52. The lowest BCUT2D eigenvalue weighted by Gasteiger charge is -2.10. The van der Waals surface area contributed by atoms with Crippen molar-refractivity contribution >= 4 is 11.6 Å². The fourth-order valence-electron chi connectivity index (χ4n) is 3.77. The molecule has 0 saturated carbocycles. The number of benzene rings is 1. The molecule has 0 saturated heterocycles. The highest BCUT2D eigenvalue weighted by Crippen LogP contribution is 2.19. The Morgan fingerprint density at radius 3 is 2.73 bits per heavy atom. The van der Waals surface area contributed by atoms with Crippen LogP contribution in [0.25, 0.3) is 5.69 Å². The van der Waals surface area contributed by atoms with E-state index < -0.39 is 4.92 Å². The number of nitrogens with zero attached hydrogens (tertiary/aromatic N) is 6. The Kier molecular flexibility index (Phi) is 5.55. The normalized spacial score (nSPS) is 13.5. The molecule has 3 heterocycles. The lowest BCUT2D eigenvalue weighted by atomic mass is 10.2. The van der Waals surface area contributed by atoms with E-state index in [2.05, 4.69) is 25.2 Å². The number of rotatable bonds is 6. The summed E-state index contributed by atoms with van der Waals surface area (Å²) in [6, 6.07) is 6.09. The summed E-state index contributed by atoms with van der Waals surface area (Å²) in [7, 11) is 0. The zero-order valence-electron chi connectivity index (χ0n) is 16.7. The van der Waals surface area contributed by atoms with Crippen molar-refractivity contribution in [2.24, 2.45) is 0 Å². The second kappa shape index (κ2) is 8.44. The van der Waals surface area contributed by atoms with Crippen LogP contribution in [0.3, 0.4) is 0 Å². The van der Waals surface area contributed by atoms with Crippen molar-refractivity contribution in [1.29, 1.82) is 0 Å². The van der Waals surface area contributed by atoms with Crippen LogP contribution in [0.15, 0.2) is 30.5 Å². The van der Waals surface area contributed by atoms with Gasteiger partial charge in [-0.15, -0.1) is 10.2 Å². The summed E-state index contributed by atoms with van der Waals surface area (Å²) in [6.45, 7) is 3.12. The molecule has 1 N–H and O–H groups in total. The topological polar surface area (TPSA) is 121 Å². The van der Waals surface area contributed by atoms with E-state index >= 15 is 0 Å². The minimum Gasteiger partial charge on any atom is -0.345 e. The number of amides is 1. The number of nitro groups is 1. The SMILES string of the molecule is CCc1c(C(=O)NCc2nnc3n2CCCCC3)cnn1-c1ccc([N+](=O)[O-])cc1. The number of non-ortho nitro benzene ring substituents is 1. The average Bonchev–Trinajstić information content (AvgIpc) is 3.28. The van der Waals surface area contributed by atoms with E-state index in [1.54, 1.807) is 16.8 Å². The van der Waals surface area contributed by atoms with Crippen molar-refractivity contribution in [3.8, 4) is 5.69 Å². The number of aryl methyl sites for hydroxylation is 1. The van der Waals surface area contributed by atoms with E-state index in [0.717, 1.165) is 43.1 Å². The number of nitrogens with one attached hydrogen (secondary N) is 1. The molecule has 0 fully saturated rings. The Morgan fingerprint density at radius 1 is 1.20 bits per heavy atom. The highest BCUT2D eigenvalue weighted by Gasteiger charge is 2.20. The average molecular weight is 409 g/mol. The standard InChI is InChI=1S/C20H23N7O3/c1-2-17-16(12-22-26(17)14-7-9-15(10-8-14)27(29)30)20(28)21-13-19-24-23-18-6-4-3-5-11-25(18)19/h7-10,12H,2-6,11,13H2,1H3,(H,21,28). The van der Waals surface area contributed by atoms with Crippen molar-refractivity contribution in [2.75, 3.05) is 0 Å². The zero-order valence-corrected chi connectivity index (χ0v) is 16.7. The Hall–Kier alpha value is -3.56. The molecule has 0 bridgehead atoms. The maximum absolute atomic E-state index is 12.8. The first-order valence-corrected chi connectivity index (χ1v) is 10.1. The van der Waals surface area contributed by atoms with Crippen LogP contribution in [0.1, 0.15) is 53.9 Å². The number of aromatic nitrogens is 5. The summed E-state index contributed by atoms with van der Waals surface area (Å²) in [6.07, 6.45) is 6.42. The van der Waals surface area contributed by atoms with Crippen LogP contribution in [0, 0.1) is 10.1 Å². The second-order valence-corrected chi connectivity index (χ2v) is 7.22. The van der Waals surface area contributed by atoms with Gasteiger partial charge in [-0.2, -0.15) is 5.10 Å². The molecule has 0 spiro atoms. The molecule has 0 atom stereocenters. The van der Waals surface area contributed by atoms with Gasteiger partial charge >= 0.3 is 0 Å². The molecule has 0 unspecified atom stereocenters. The molecule has 1 aliphatic rings. The minimum absolute atomic E-state index is 0.00867. The van der Waals surface area contributed by atoms with E-state index in [1.165, 1.54) is 24.8 Å². The van der Waals surface area contributed by atoms with Gasteiger partial charge in [-0.3, -0.25) is 14.9 Å². The Labute approximate surface area is 173 Å². The zero-order chi connectivity index (χ0) is 21.1. The Bertz CT molecular complexity index is 1070. The molecule has 30 heavy (non-hydrogen) atoms. The minimum atomic E-state index is -0.447. The predicted octanol–water partition coefficient (Wildman–Crippen LogP) is 2.59. The van der Waals surface area contributed by atoms with E-state index in [0.29, 0.717) is 24.2 Å². The molecule has 1 amide bonds. The fourth-order valence-corrected chi connectivity index (χ4v) is 3.77. The van der Waals surface area contributed by atoms with Gasteiger partial charge in [0, 0.05) is 25.1 Å². The third-order valence-corrected chi connectivity index (χ3v) is 5.35. The summed E-state index contributed by atoms with van der Waals surface area (Å²) in [5, 5.41) is 26.6. The third kappa shape index (κ3) is 3.80. The van der Waals surface area contributed by atoms with Gasteiger partial charge in [-0.05, 0) is 31.4 Å². The number of hydrogen-bond donors (Lipinski definition) is 1. The number of carbonyl (C=O) groups excluding carboxylic acids is 1. The van der Waals surface area contributed by atoms with Crippen LogP contribution in [-0.4, -0.2) is 35.4 Å². The maximum atomic E-state index is 12.8. The van der Waals surface area contributed by atoms with Crippen molar-refractivity contribution in [1.82, 2.24) is 29.9 Å². The van der Waals surface area contributed by atoms with Crippen molar-refractivity contribution in [3.63, 3.8) is 0 Å². The van der Waals surface area contributed by atoms with Crippen LogP contribution in [-0.2, 0) is 25.9 Å². The molecule has 3 aromatic rings. The lowest BCUT2D eigenvalue weighted by molar-refractivity contribution is -0.384. The summed E-state index contributed by atoms with van der Waals surface area (Å²) >= 11 is 0. The van der Waals surface area contributed by atoms with Gasteiger partial charge in [0.2, 0.25) is 0 Å². The van der Waals surface area contributed by atoms with Gasteiger partial charge in [0.05, 0.1) is 34.6 Å². The van der Waals surface area contributed by atoms with Crippen molar-refractivity contribution < 1.29 is 9.72 Å². The van der Waals surface area contributed by atoms with Gasteiger partial charge in [-0.1, -0.05) is 13.3 Å². The van der Waals surface area contributed by atoms with Crippen LogP contribution in [0.4, 0.5) is 5.69 Å². The molecule has 10 nitrogen and oxygen atoms in total. The fraction of sp³-hybridized carbons (Fsp3) is 0.400. The molecular formula is C20H23N7O3. The highest BCUT2D eigenvalue weighted by atomic mass is 16.6. The largest absolute Gasteiger partial charge is 0.345 e. The van der Waals surface area contributed by atoms with Gasteiger partial charge < -0.3 is 9.88 Å². The quantitative estimate of drug-likeness (QED) is 0.493. The Morgan fingerprint density at radius 2 is 2.00 bits per heavy atom. The lowest BCUT2D eigenvalue weighted by Crippen LogP contribution is -2.25. The number of fused-ring (bicyclic) bond motifs is 1. The molecule has 4 rings (SSSR count). The van der Waals surface area contributed by atoms with E-state index in [4.69, 9.17) is 0 Å². The highest BCUT2D eigenvalue weighted by molar-refractivity contribution is 5.95. The summed E-state index contributed by atoms with van der Waals surface area (Å²) in [5.41, 5.74) is 1.89. The first-order chi connectivity index (χ1) is 14.6. The first kappa shape index (κ1) is 19.7. The van der Waals surface area contributed by atoms with Crippen LogP contribution in [0.2, 0.25) is 0 Å². The second-order valence-electron chi connectivity index (χ2n) is 7.22. The molecule has 1 aromatic carbocycles. The van der Waals surface area contributed by atoms with Crippen LogP contribution < -0.4 is 5.32 Å². The smallest absolute Gasteiger partial charge is 0.269 e. The van der Waals surface area contributed by atoms with Crippen LogP contribution >= 0.6 is 0 Å². The molecule has 2 aromatic heterocycles. The number of nitro benzene ring substituents is 1. The summed E-state index contributed by atoms with van der Waals surface area (Å²) in [4.78, 5) is 23.2. The van der Waals surface area contributed by atoms with E-state index in [1.807, 2.05) is 6.92 Å². The molecule has 0 radical (unpaired) electrons. The van der Waals surface area contributed by atoms with Gasteiger partial charge in [0.15, 0.2) is 5.82 Å². The van der Waals surface area contributed by atoms with E-state index in [-0.39, 0.29) is 11.6 Å². The summed E-state index contributed by atoms with van der Waals surface area (Å²) < 4.78 is 3.75. The number of hydrogen-bond acceptors (Lipinski definition) is 6. The maximum Gasteiger partial charge on any atom is 0.269 e. The monoisotopic (exact) mass is 409 g/mol. The Balaban J connectivity index is 1.51. The molecular weight excluding hydrogens is 386 g/mol.